The average molecular weight is 458 g/mol. The molecule has 31 heavy (non-hydrogen) atoms. The van der Waals surface area contributed by atoms with Crippen LogP contribution in [-0.4, -0.2) is 59.9 Å². The largest absolute Gasteiger partial charge is 0.296 e. The SMILES string of the molecule is Cc1ccccc1C(=O)Nc1nnc(S(=O)(=O)N2CCN(Cc3ccccc3)CC2)s1. The number of amides is 1. The van der Waals surface area contributed by atoms with E-state index in [0.29, 0.717) is 31.7 Å². The van der Waals surface area contributed by atoms with Gasteiger partial charge < -0.3 is 0 Å². The molecule has 0 unspecified atom stereocenters. The smallest absolute Gasteiger partial charge is 0.272 e. The third-order valence-corrected chi connectivity index (χ3v) is 8.24. The normalized spacial score (nSPS) is 15.6. The highest BCUT2D eigenvalue weighted by atomic mass is 32.2. The summed E-state index contributed by atoms with van der Waals surface area (Å²) in [6.45, 7) is 4.69. The lowest BCUT2D eigenvalue weighted by atomic mass is 10.1. The van der Waals surface area contributed by atoms with Gasteiger partial charge in [-0.3, -0.25) is 15.0 Å². The summed E-state index contributed by atoms with van der Waals surface area (Å²) < 4.78 is 27.3. The lowest BCUT2D eigenvalue weighted by molar-refractivity contribution is 0.102. The highest BCUT2D eigenvalue weighted by molar-refractivity contribution is 7.91. The topological polar surface area (TPSA) is 95.5 Å². The molecular weight excluding hydrogens is 434 g/mol. The van der Waals surface area contributed by atoms with Gasteiger partial charge in [0.25, 0.3) is 15.9 Å². The molecule has 0 aliphatic carbocycles. The average Bonchev–Trinajstić information content (AvgIpc) is 3.24. The molecule has 10 heteroatoms. The van der Waals surface area contributed by atoms with Crippen LogP contribution in [0, 0.1) is 6.92 Å². The number of carbonyl (C=O) groups is 1. The van der Waals surface area contributed by atoms with E-state index in [1.165, 1.54) is 9.87 Å². The van der Waals surface area contributed by atoms with Crippen molar-refractivity contribution in [1.29, 1.82) is 0 Å². The summed E-state index contributed by atoms with van der Waals surface area (Å²) in [5.41, 5.74) is 2.54. The number of aromatic nitrogens is 2. The van der Waals surface area contributed by atoms with Crippen LogP contribution in [0.5, 0.6) is 0 Å². The number of carbonyl (C=O) groups excluding carboxylic acids is 1. The van der Waals surface area contributed by atoms with Gasteiger partial charge in [-0.15, -0.1) is 10.2 Å². The van der Waals surface area contributed by atoms with Crippen molar-refractivity contribution in [2.45, 2.75) is 17.8 Å². The van der Waals surface area contributed by atoms with Crippen LogP contribution < -0.4 is 5.32 Å². The van der Waals surface area contributed by atoms with Crippen LogP contribution in [0.3, 0.4) is 0 Å². The van der Waals surface area contributed by atoms with Gasteiger partial charge in [0.2, 0.25) is 9.47 Å². The van der Waals surface area contributed by atoms with Crippen molar-refractivity contribution in [2.24, 2.45) is 0 Å². The number of hydrogen-bond acceptors (Lipinski definition) is 7. The third kappa shape index (κ3) is 4.99. The fourth-order valence-corrected chi connectivity index (χ4v) is 5.89. The number of piperazine rings is 1. The zero-order chi connectivity index (χ0) is 21.8. The highest BCUT2D eigenvalue weighted by Crippen LogP contribution is 2.25. The van der Waals surface area contributed by atoms with Crippen LogP contribution >= 0.6 is 11.3 Å². The van der Waals surface area contributed by atoms with E-state index in [0.717, 1.165) is 23.4 Å². The van der Waals surface area contributed by atoms with E-state index in [2.05, 4.69) is 32.5 Å². The number of benzene rings is 2. The lowest BCUT2D eigenvalue weighted by Crippen LogP contribution is -2.48. The fourth-order valence-electron chi connectivity index (χ4n) is 3.44. The van der Waals surface area contributed by atoms with Crippen molar-refractivity contribution in [3.05, 3.63) is 71.3 Å². The van der Waals surface area contributed by atoms with Crippen LogP contribution in [0.15, 0.2) is 58.9 Å². The molecule has 0 radical (unpaired) electrons. The molecule has 162 valence electrons. The Hall–Kier alpha value is -2.66. The second-order valence-electron chi connectivity index (χ2n) is 7.31. The summed E-state index contributed by atoms with van der Waals surface area (Å²) in [4.78, 5) is 14.7. The van der Waals surface area contributed by atoms with Crippen molar-refractivity contribution in [2.75, 3.05) is 31.5 Å². The predicted octanol–water partition coefficient (Wildman–Crippen LogP) is 2.61. The molecule has 3 aromatic rings. The van der Waals surface area contributed by atoms with Crippen molar-refractivity contribution in [1.82, 2.24) is 19.4 Å². The second kappa shape index (κ2) is 9.23. The first-order chi connectivity index (χ1) is 14.9. The number of rotatable bonds is 6. The minimum absolute atomic E-state index is 0.107. The van der Waals surface area contributed by atoms with Gasteiger partial charge in [-0.1, -0.05) is 59.9 Å². The minimum atomic E-state index is -3.75. The molecule has 1 fully saturated rings. The Morgan fingerprint density at radius 2 is 1.68 bits per heavy atom. The van der Waals surface area contributed by atoms with Crippen molar-refractivity contribution in [3.63, 3.8) is 0 Å². The minimum Gasteiger partial charge on any atom is -0.296 e. The van der Waals surface area contributed by atoms with Crippen LogP contribution in [0.4, 0.5) is 5.13 Å². The Morgan fingerprint density at radius 1 is 1.00 bits per heavy atom. The zero-order valence-corrected chi connectivity index (χ0v) is 18.7. The monoisotopic (exact) mass is 457 g/mol. The molecule has 4 rings (SSSR count). The van der Waals surface area contributed by atoms with E-state index < -0.39 is 10.0 Å². The van der Waals surface area contributed by atoms with Crippen LogP contribution in [-0.2, 0) is 16.6 Å². The summed E-state index contributed by atoms with van der Waals surface area (Å²) in [7, 11) is -3.75. The molecule has 2 heterocycles. The summed E-state index contributed by atoms with van der Waals surface area (Å²) in [5, 5.41) is 10.5. The molecule has 1 aromatic heterocycles. The van der Waals surface area contributed by atoms with Gasteiger partial charge in [0, 0.05) is 38.3 Å². The van der Waals surface area contributed by atoms with Crippen LogP contribution in [0.2, 0.25) is 0 Å². The zero-order valence-electron chi connectivity index (χ0n) is 17.1. The molecule has 1 aliphatic heterocycles. The standard InChI is InChI=1S/C21H23N5O3S2/c1-16-7-5-6-10-18(16)19(27)22-20-23-24-21(30-20)31(28,29)26-13-11-25(12-14-26)15-17-8-3-2-4-9-17/h2-10H,11-15H2,1H3,(H,22,23,27). The number of nitrogens with one attached hydrogen (secondary N) is 1. The van der Waals surface area contributed by atoms with E-state index in [4.69, 9.17) is 0 Å². The highest BCUT2D eigenvalue weighted by Gasteiger charge is 2.31. The fraction of sp³-hybridized carbons (Fsp3) is 0.286. The first kappa shape index (κ1) is 21.6. The lowest BCUT2D eigenvalue weighted by Gasteiger charge is -2.33. The van der Waals surface area contributed by atoms with Crippen molar-refractivity contribution >= 4 is 32.4 Å². The predicted molar refractivity (Wildman–Crippen MR) is 120 cm³/mol. The number of hydrogen-bond donors (Lipinski definition) is 1. The Bertz CT molecular complexity index is 1160. The summed E-state index contributed by atoms with van der Waals surface area (Å²) in [6.07, 6.45) is 0. The molecule has 0 spiro atoms. The van der Waals surface area contributed by atoms with Gasteiger partial charge in [-0.05, 0) is 24.1 Å². The molecule has 1 aliphatic rings. The number of aryl methyl sites for hydroxylation is 1. The summed E-state index contributed by atoms with van der Waals surface area (Å²) >= 11 is 0.868. The van der Waals surface area contributed by atoms with E-state index in [1.54, 1.807) is 12.1 Å². The maximum absolute atomic E-state index is 13.0. The Balaban J connectivity index is 1.38. The number of sulfonamides is 1. The molecule has 1 N–H and O–H groups in total. The van der Waals surface area contributed by atoms with E-state index >= 15 is 0 Å². The van der Waals surface area contributed by atoms with Crippen molar-refractivity contribution < 1.29 is 13.2 Å². The molecule has 0 atom stereocenters. The third-order valence-electron chi connectivity index (χ3n) is 5.16. The number of anilines is 1. The van der Waals surface area contributed by atoms with Gasteiger partial charge >= 0.3 is 0 Å². The van der Waals surface area contributed by atoms with Gasteiger partial charge in [-0.2, -0.15) is 4.31 Å². The molecule has 0 saturated carbocycles. The van der Waals surface area contributed by atoms with Gasteiger partial charge in [0.05, 0.1) is 0 Å². The van der Waals surface area contributed by atoms with Gasteiger partial charge in [-0.25, -0.2) is 8.42 Å². The second-order valence-corrected chi connectivity index (χ2v) is 10.4. The van der Waals surface area contributed by atoms with Crippen molar-refractivity contribution in [3.8, 4) is 0 Å². The van der Waals surface area contributed by atoms with E-state index in [-0.39, 0.29) is 15.4 Å². The maximum Gasteiger partial charge on any atom is 0.272 e. The summed E-state index contributed by atoms with van der Waals surface area (Å²) in [6, 6.07) is 17.3. The van der Waals surface area contributed by atoms with E-state index in [9.17, 15) is 13.2 Å². The molecule has 2 aromatic carbocycles. The summed E-state index contributed by atoms with van der Waals surface area (Å²) in [5.74, 6) is -0.340. The Labute approximate surface area is 185 Å². The van der Waals surface area contributed by atoms with Crippen LogP contribution in [0.1, 0.15) is 21.5 Å². The number of nitrogens with zero attached hydrogens (tertiary/aromatic N) is 4. The molecular formula is C21H23N5O3S2. The van der Waals surface area contributed by atoms with Gasteiger partial charge in [0.1, 0.15) is 0 Å². The molecule has 1 amide bonds. The molecule has 0 bridgehead atoms. The first-order valence-electron chi connectivity index (χ1n) is 9.90. The first-order valence-corrected chi connectivity index (χ1v) is 12.2. The maximum atomic E-state index is 13.0. The molecule has 8 nitrogen and oxygen atoms in total. The Kier molecular flexibility index (Phi) is 6.42. The van der Waals surface area contributed by atoms with Crippen LogP contribution in [0.25, 0.3) is 0 Å². The Morgan fingerprint density at radius 3 is 2.39 bits per heavy atom. The quantitative estimate of drug-likeness (QED) is 0.572. The van der Waals surface area contributed by atoms with E-state index in [1.807, 2.05) is 37.3 Å². The van der Waals surface area contributed by atoms with Gasteiger partial charge in [0.15, 0.2) is 0 Å². The molecule has 1 saturated heterocycles.